The highest BCUT2D eigenvalue weighted by molar-refractivity contribution is 7.86. The summed E-state index contributed by atoms with van der Waals surface area (Å²) in [7, 11) is -0.851. The molecule has 3 rings (SSSR count). The van der Waals surface area contributed by atoms with Crippen LogP contribution in [0.3, 0.4) is 0 Å². The average molecular weight is 318 g/mol. The maximum Gasteiger partial charge on any atom is 0.416 e. The van der Waals surface area contributed by atoms with Crippen LogP contribution in [0.15, 0.2) is 29.8 Å². The molecule has 2 aliphatic heterocycles. The molecule has 6 heteroatoms. The lowest BCUT2D eigenvalue weighted by atomic mass is 9.99. The summed E-state index contributed by atoms with van der Waals surface area (Å²) in [5.41, 5.74) is 0.335. The highest BCUT2D eigenvalue weighted by atomic mass is 32.2. The van der Waals surface area contributed by atoms with Crippen LogP contribution in [0.2, 0.25) is 0 Å². The van der Waals surface area contributed by atoms with E-state index in [1.165, 1.54) is 0 Å². The summed E-state index contributed by atoms with van der Waals surface area (Å²) >= 11 is 0. The van der Waals surface area contributed by atoms with E-state index in [1.807, 2.05) is 6.08 Å². The minimum absolute atomic E-state index is 0.0226. The van der Waals surface area contributed by atoms with Gasteiger partial charge in [-0.15, -0.1) is 0 Å². The summed E-state index contributed by atoms with van der Waals surface area (Å²) in [5, 5.41) is 0.139. The van der Waals surface area contributed by atoms with Crippen molar-refractivity contribution in [3.05, 3.63) is 46.8 Å². The van der Waals surface area contributed by atoms with Crippen molar-refractivity contribution in [1.82, 2.24) is 0 Å². The number of fused-ring (bicyclic) bond motifs is 2. The first-order chi connectivity index (χ1) is 9.83. The fraction of sp³-hybridized carbons (Fsp3) is 0.467. The van der Waals surface area contributed by atoms with Gasteiger partial charge in [-0.3, -0.25) is 4.21 Å². The third-order valence-electron chi connectivity index (χ3n) is 4.03. The molecule has 21 heavy (non-hydrogen) atoms. The van der Waals surface area contributed by atoms with Crippen LogP contribution in [0.4, 0.5) is 17.6 Å². The van der Waals surface area contributed by atoms with Crippen molar-refractivity contribution in [2.24, 2.45) is 0 Å². The fourth-order valence-electron chi connectivity index (χ4n) is 3.10. The van der Waals surface area contributed by atoms with Crippen molar-refractivity contribution in [2.45, 2.75) is 42.4 Å². The minimum Gasteiger partial charge on any atom is -0.259 e. The Morgan fingerprint density at radius 1 is 1.19 bits per heavy atom. The minimum atomic E-state index is -4.54. The van der Waals surface area contributed by atoms with Crippen molar-refractivity contribution in [3.63, 3.8) is 0 Å². The number of rotatable bonds is 2. The Morgan fingerprint density at radius 2 is 1.95 bits per heavy atom. The van der Waals surface area contributed by atoms with Gasteiger partial charge in [0.05, 0.1) is 10.8 Å². The fourth-order valence-corrected chi connectivity index (χ4v) is 5.03. The molecule has 0 aliphatic carbocycles. The predicted molar refractivity (Wildman–Crippen MR) is 72.8 cm³/mol. The van der Waals surface area contributed by atoms with Gasteiger partial charge in [0.25, 0.3) is 0 Å². The van der Waals surface area contributed by atoms with E-state index < -0.39 is 28.4 Å². The summed E-state index contributed by atoms with van der Waals surface area (Å²) in [6, 6.07) is 2.65. The maximum atomic E-state index is 13.4. The molecule has 0 N–H and O–H groups in total. The maximum absolute atomic E-state index is 13.4. The topological polar surface area (TPSA) is 17.1 Å². The SMILES string of the molecule is O=S1C2C=C(Cc3cc(F)cc(C(F)(F)F)c3)CC1CC2. The molecule has 2 heterocycles. The van der Waals surface area contributed by atoms with Crippen LogP contribution in [-0.2, 0) is 23.4 Å². The van der Waals surface area contributed by atoms with Gasteiger partial charge in [-0.25, -0.2) is 4.39 Å². The first-order valence-corrected chi connectivity index (χ1v) is 8.06. The molecular weight excluding hydrogens is 304 g/mol. The second-order valence-corrected chi connectivity index (χ2v) is 7.55. The van der Waals surface area contributed by atoms with Crippen LogP contribution in [0.1, 0.15) is 30.4 Å². The lowest BCUT2D eigenvalue weighted by molar-refractivity contribution is -0.137. The summed E-state index contributed by atoms with van der Waals surface area (Å²) in [4.78, 5) is 0. The molecule has 0 radical (unpaired) electrons. The zero-order valence-electron chi connectivity index (χ0n) is 11.1. The zero-order valence-corrected chi connectivity index (χ0v) is 11.9. The van der Waals surface area contributed by atoms with E-state index in [2.05, 4.69) is 0 Å². The van der Waals surface area contributed by atoms with E-state index in [-0.39, 0.29) is 10.5 Å². The molecule has 114 valence electrons. The Labute approximate surface area is 122 Å². The molecule has 0 aromatic heterocycles. The standard InChI is InChI=1S/C15H14F4OS/c16-12-5-9(4-11(8-12)15(17,18)19)3-10-6-13-1-2-14(7-10)21(13)20/h4-6,8,13-14H,1-3,7H2. The molecular formula is C15H14F4OS. The number of hydrogen-bond acceptors (Lipinski definition) is 1. The molecule has 2 aliphatic rings. The Morgan fingerprint density at radius 3 is 2.62 bits per heavy atom. The lowest BCUT2D eigenvalue weighted by Crippen LogP contribution is -2.21. The summed E-state index contributed by atoms with van der Waals surface area (Å²) in [6.45, 7) is 0. The number of allylic oxidation sites excluding steroid dienone is 1. The molecule has 0 spiro atoms. The van der Waals surface area contributed by atoms with E-state index in [0.29, 0.717) is 24.5 Å². The van der Waals surface area contributed by atoms with Crippen molar-refractivity contribution in [2.75, 3.05) is 0 Å². The second-order valence-electron chi connectivity index (χ2n) is 5.62. The quantitative estimate of drug-likeness (QED) is 0.595. The van der Waals surface area contributed by atoms with Gasteiger partial charge in [-0.05, 0) is 49.4 Å². The summed E-state index contributed by atoms with van der Waals surface area (Å²) in [6.07, 6.45) is 0.0775. The average Bonchev–Trinajstić information content (AvgIpc) is 2.60. The van der Waals surface area contributed by atoms with Crippen molar-refractivity contribution in [1.29, 1.82) is 0 Å². The molecule has 3 atom stereocenters. The molecule has 1 fully saturated rings. The van der Waals surface area contributed by atoms with Gasteiger partial charge in [-0.1, -0.05) is 11.6 Å². The van der Waals surface area contributed by atoms with E-state index in [1.54, 1.807) is 0 Å². The van der Waals surface area contributed by atoms with E-state index in [0.717, 1.165) is 30.5 Å². The predicted octanol–water partition coefficient (Wildman–Crippen LogP) is 4.00. The normalized spacial score (nSPS) is 28.6. The van der Waals surface area contributed by atoms with Crippen molar-refractivity contribution >= 4 is 10.8 Å². The molecule has 1 nitrogen and oxygen atoms in total. The van der Waals surface area contributed by atoms with Crippen LogP contribution >= 0.6 is 0 Å². The summed E-state index contributed by atoms with van der Waals surface area (Å²) in [5.74, 6) is -0.872. The first kappa shape index (κ1) is 14.8. The molecule has 0 saturated carbocycles. The van der Waals surface area contributed by atoms with Gasteiger partial charge < -0.3 is 0 Å². The highest BCUT2D eigenvalue weighted by Gasteiger charge is 2.36. The highest BCUT2D eigenvalue weighted by Crippen LogP contribution is 2.36. The van der Waals surface area contributed by atoms with Gasteiger partial charge in [0.1, 0.15) is 5.82 Å². The largest absolute Gasteiger partial charge is 0.416 e. The van der Waals surface area contributed by atoms with E-state index >= 15 is 0 Å². The molecule has 1 aromatic rings. The van der Waals surface area contributed by atoms with Crippen molar-refractivity contribution in [3.8, 4) is 0 Å². The second kappa shape index (κ2) is 5.23. The Bertz CT molecular complexity index is 621. The molecule has 1 aromatic carbocycles. The first-order valence-electron chi connectivity index (χ1n) is 6.78. The van der Waals surface area contributed by atoms with Gasteiger partial charge in [-0.2, -0.15) is 13.2 Å². The third-order valence-corrected chi connectivity index (χ3v) is 6.06. The van der Waals surface area contributed by atoms with Crippen LogP contribution in [0.25, 0.3) is 0 Å². The monoisotopic (exact) mass is 318 g/mol. The van der Waals surface area contributed by atoms with Gasteiger partial charge in [0, 0.05) is 16.0 Å². The number of alkyl halides is 3. The van der Waals surface area contributed by atoms with E-state index in [9.17, 15) is 21.8 Å². The van der Waals surface area contributed by atoms with Crippen LogP contribution in [-0.4, -0.2) is 14.7 Å². The molecule has 2 bridgehead atoms. The van der Waals surface area contributed by atoms with Crippen LogP contribution in [0, 0.1) is 5.82 Å². The van der Waals surface area contributed by atoms with Gasteiger partial charge in [0.2, 0.25) is 0 Å². The smallest absolute Gasteiger partial charge is 0.259 e. The molecule has 0 amide bonds. The van der Waals surface area contributed by atoms with E-state index in [4.69, 9.17) is 0 Å². The lowest BCUT2D eigenvalue weighted by Gasteiger charge is -2.19. The van der Waals surface area contributed by atoms with Crippen molar-refractivity contribution < 1.29 is 21.8 Å². The number of benzene rings is 1. The molecule has 1 saturated heterocycles. The van der Waals surface area contributed by atoms with Gasteiger partial charge in [0.15, 0.2) is 0 Å². The summed E-state index contributed by atoms with van der Waals surface area (Å²) < 4.78 is 63.3. The Kier molecular flexibility index (Phi) is 3.67. The number of hydrogen-bond donors (Lipinski definition) is 0. The third kappa shape index (κ3) is 3.05. The Hall–Kier alpha value is -1.17. The van der Waals surface area contributed by atoms with Gasteiger partial charge >= 0.3 is 6.18 Å². The van der Waals surface area contributed by atoms with Crippen LogP contribution < -0.4 is 0 Å². The molecule has 3 unspecified atom stereocenters. The Balaban J connectivity index is 1.84. The number of halogens is 4. The van der Waals surface area contributed by atoms with Crippen LogP contribution in [0.5, 0.6) is 0 Å². The zero-order chi connectivity index (χ0) is 15.2.